The van der Waals surface area contributed by atoms with E-state index < -0.39 is 0 Å². The highest BCUT2D eigenvalue weighted by molar-refractivity contribution is 5.94. The number of amides is 1. The lowest BCUT2D eigenvalue weighted by Crippen LogP contribution is -2.35. The topological polar surface area (TPSA) is 41.6 Å². The Morgan fingerprint density at radius 3 is 2.36 bits per heavy atom. The molecule has 0 aromatic heterocycles. The summed E-state index contributed by atoms with van der Waals surface area (Å²) in [6.07, 6.45) is 2.46. The number of rotatable bonds is 5. The summed E-state index contributed by atoms with van der Waals surface area (Å²) in [5.41, 5.74) is 2.90. The number of aryl methyl sites for hydroxylation is 1. The smallest absolute Gasteiger partial charge is 0.251 e. The number of benzene rings is 2. The minimum Gasteiger partial charge on any atom is -0.490 e. The van der Waals surface area contributed by atoms with Gasteiger partial charge in [0.25, 0.3) is 5.91 Å². The van der Waals surface area contributed by atoms with Crippen LogP contribution in [0.4, 0.5) is 0 Å². The first-order valence-corrected chi connectivity index (χ1v) is 8.89. The van der Waals surface area contributed by atoms with Crippen molar-refractivity contribution in [2.45, 2.75) is 32.4 Å². The van der Waals surface area contributed by atoms with Crippen LogP contribution in [-0.4, -0.2) is 37.0 Å². The van der Waals surface area contributed by atoms with Gasteiger partial charge in [-0.25, -0.2) is 0 Å². The number of likely N-dealkylation sites (tertiary alicyclic amines) is 1. The maximum atomic E-state index is 12.1. The third-order valence-electron chi connectivity index (χ3n) is 4.66. The lowest BCUT2D eigenvalue weighted by molar-refractivity contribution is 0.0951. The number of hydrogen-bond acceptors (Lipinski definition) is 3. The summed E-state index contributed by atoms with van der Waals surface area (Å²) < 4.78 is 6.05. The van der Waals surface area contributed by atoms with Crippen molar-refractivity contribution >= 4 is 5.91 Å². The van der Waals surface area contributed by atoms with Crippen LogP contribution < -0.4 is 10.1 Å². The lowest BCUT2D eigenvalue weighted by atomic mass is 10.1. The fraction of sp³-hybridized carbons (Fsp3) is 0.381. The third-order valence-corrected chi connectivity index (χ3v) is 4.66. The van der Waals surface area contributed by atoms with Crippen LogP contribution in [0.15, 0.2) is 48.5 Å². The molecular formula is C21H26N2O2. The van der Waals surface area contributed by atoms with Crippen LogP contribution in [0.25, 0.3) is 0 Å². The van der Waals surface area contributed by atoms with E-state index in [0.717, 1.165) is 42.8 Å². The van der Waals surface area contributed by atoms with Crippen molar-refractivity contribution < 1.29 is 9.53 Å². The normalized spacial score (nSPS) is 15.8. The number of carbonyl (C=O) groups excluding carboxylic acids is 1. The number of ether oxygens (including phenoxy) is 1. The minimum atomic E-state index is -0.0494. The van der Waals surface area contributed by atoms with Crippen LogP contribution in [0.3, 0.4) is 0 Å². The zero-order chi connectivity index (χ0) is 17.6. The molecule has 1 aliphatic rings. The second-order valence-corrected chi connectivity index (χ2v) is 6.81. The second kappa shape index (κ2) is 8.17. The van der Waals surface area contributed by atoms with Crippen molar-refractivity contribution in [2.24, 2.45) is 0 Å². The Morgan fingerprint density at radius 2 is 1.72 bits per heavy atom. The van der Waals surface area contributed by atoms with Gasteiger partial charge in [0.1, 0.15) is 11.9 Å². The predicted octanol–water partition coefficient (Wildman–Crippen LogP) is 3.40. The summed E-state index contributed by atoms with van der Waals surface area (Å²) in [4.78, 5) is 14.5. The first-order valence-electron chi connectivity index (χ1n) is 8.89. The number of nitrogens with one attached hydrogen (secondary N) is 1. The van der Waals surface area contributed by atoms with Crippen LogP contribution in [-0.2, 0) is 6.54 Å². The quantitative estimate of drug-likeness (QED) is 0.908. The van der Waals surface area contributed by atoms with E-state index in [9.17, 15) is 4.79 Å². The Labute approximate surface area is 149 Å². The summed E-state index contributed by atoms with van der Waals surface area (Å²) >= 11 is 0. The van der Waals surface area contributed by atoms with Crippen LogP contribution in [0.5, 0.6) is 5.75 Å². The molecule has 0 saturated carbocycles. The molecule has 1 aliphatic heterocycles. The number of hydrogen-bond donors (Lipinski definition) is 1. The SMILES string of the molecule is Cc1ccc(C(=O)NCc2ccc(OC3CCN(C)CC3)cc2)cc1. The van der Waals surface area contributed by atoms with Crippen molar-refractivity contribution in [3.8, 4) is 5.75 Å². The Morgan fingerprint density at radius 1 is 1.08 bits per heavy atom. The van der Waals surface area contributed by atoms with Gasteiger partial charge in [0.05, 0.1) is 0 Å². The van der Waals surface area contributed by atoms with Gasteiger partial charge in [-0.2, -0.15) is 0 Å². The fourth-order valence-corrected chi connectivity index (χ4v) is 2.97. The minimum absolute atomic E-state index is 0.0494. The molecule has 1 saturated heterocycles. The predicted molar refractivity (Wildman–Crippen MR) is 99.9 cm³/mol. The maximum Gasteiger partial charge on any atom is 0.251 e. The zero-order valence-electron chi connectivity index (χ0n) is 15.0. The molecule has 0 aliphatic carbocycles. The van der Waals surface area contributed by atoms with E-state index in [-0.39, 0.29) is 5.91 Å². The third kappa shape index (κ3) is 5.07. The van der Waals surface area contributed by atoms with Crippen molar-refractivity contribution in [2.75, 3.05) is 20.1 Å². The summed E-state index contributed by atoms with van der Waals surface area (Å²) in [5.74, 6) is 0.856. The van der Waals surface area contributed by atoms with Crippen LogP contribution in [0.2, 0.25) is 0 Å². The van der Waals surface area contributed by atoms with E-state index in [0.29, 0.717) is 18.2 Å². The molecule has 2 aromatic rings. The van der Waals surface area contributed by atoms with E-state index >= 15 is 0 Å². The molecule has 1 amide bonds. The Balaban J connectivity index is 1.49. The van der Waals surface area contributed by atoms with Gasteiger partial charge in [0, 0.05) is 25.2 Å². The number of piperidine rings is 1. The van der Waals surface area contributed by atoms with Gasteiger partial charge < -0.3 is 15.0 Å². The Hall–Kier alpha value is -2.33. The molecule has 1 N–H and O–H groups in total. The molecule has 1 heterocycles. The van der Waals surface area contributed by atoms with E-state index in [1.54, 1.807) is 0 Å². The molecule has 132 valence electrons. The van der Waals surface area contributed by atoms with Gasteiger partial charge in [-0.05, 0) is 56.6 Å². The van der Waals surface area contributed by atoms with Gasteiger partial charge in [-0.15, -0.1) is 0 Å². The average Bonchev–Trinajstić information content (AvgIpc) is 2.63. The van der Waals surface area contributed by atoms with Crippen molar-refractivity contribution in [1.29, 1.82) is 0 Å². The summed E-state index contributed by atoms with van der Waals surface area (Å²) in [5, 5.41) is 2.96. The molecule has 4 heteroatoms. The fourth-order valence-electron chi connectivity index (χ4n) is 2.97. The molecule has 2 aromatic carbocycles. The molecule has 0 spiro atoms. The number of carbonyl (C=O) groups is 1. The van der Waals surface area contributed by atoms with Gasteiger partial charge in [0.2, 0.25) is 0 Å². The van der Waals surface area contributed by atoms with Gasteiger partial charge in [-0.3, -0.25) is 4.79 Å². The summed E-state index contributed by atoms with van der Waals surface area (Å²) in [6.45, 7) is 4.71. The summed E-state index contributed by atoms with van der Waals surface area (Å²) in [6, 6.07) is 15.6. The molecule has 4 nitrogen and oxygen atoms in total. The van der Waals surface area contributed by atoms with E-state index in [4.69, 9.17) is 4.74 Å². The van der Waals surface area contributed by atoms with Crippen LogP contribution in [0.1, 0.15) is 34.3 Å². The van der Waals surface area contributed by atoms with Gasteiger partial charge in [0.15, 0.2) is 0 Å². The van der Waals surface area contributed by atoms with Gasteiger partial charge >= 0.3 is 0 Å². The Bertz CT molecular complexity index is 687. The molecule has 0 radical (unpaired) electrons. The number of nitrogens with zero attached hydrogens (tertiary/aromatic N) is 1. The van der Waals surface area contributed by atoms with Gasteiger partial charge in [-0.1, -0.05) is 29.8 Å². The van der Waals surface area contributed by atoms with E-state index in [1.165, 1.54) is 0 Å². The highest BCUT2D eigenvalue weighted by Gasteiger charge is 2.17. The first-order chi connectivity index (χ1) is 12.1. The molecule has 3 rings (SSSR count). The highest BCUT2D eigenvalue weighted by atomic mass is 16.5. The molecule has 0 atom stereocenters. The molecule has 0 bridgehead atoms. The first kappa shape index (κ1) is 17.5. The highest BCUT2D eigenvalue weighted by Crippen LogP contribution is 2.19. The molecule has 0 unspecified atom stereocenters. The van der Waals surface area contributed by atoms with E-state index in [1.807, 2.05) is 55.5 Å². The van der Waals surface area contributed by atoms with Crippen molar-refractivity contribution in [1.82, 2.24) is 10.2 Å². The lowest BCUT2D eigenvalue weighted by Gasteiger charge is -2.29. The molecular weight excluding hydrogens is 312 g/mol. The molecule has 1 fully saturated rings. The standard InChI is InChI=1S/C21H26N2O2/c1-16-3-7-18(8-4-16)21(24)22-15-17-5-9-19(10-6-17)25-20-11-13-23(2)14-12-20/h3-10,20H,11-15H2,1-2H3,(H,22,24). The molecule has 25 heavy (non-hydrogen) atoms. The zero-order valence-corrected chi connectivity index (χ0v) is 15.0. The van der Waals surface area contributed by atoms with E-state index in [2.05, 4.69) is 17.3 Å². The average molecular weight is 338 g/mol. The van der Waals surface area contributed by atoms with Crippen LogP contribution >= 0.6 is 0 Å². The Kier molecular flexibility index (Phi) is 5.71. The monoisotopic (exact) mass is 338 g/mol. The largest absolute Gasteiger partial charge is 0.490 e. The maximum absolute atomic E-state index is 12.1. The van der Waals surface area contributed by atoms with Crippen molar-refractivity contribution in [3.05, 3.63) is 65.2 Å². The second-order valence-electron chi connectivity index (χ2n) is 6.81. The summed E-state index contributed by atoms with van der Waals surface area (Å²) in [7, 11) is 2.15. The van der Waals surface area contributed by atoms with Crippen molar-refractivity contribution in [3.63, 3.8) is 0 Å². The van der Waals surface area contributed by atoms with Crippen LogP contribution in [0, 0.1) is 6.92 Å².